The molecule has 108 valence electrons. The van der Waals surface area contributed by atoms with Crippen molar-refractivity contribution < 1.29 is 9.59 Å². The highest BCUT2D eigenvalue weighted by atomic mass is 79.9. The van der Waals surface area contributed by atoms with Crippen LogP contribution in [0.4, 0.5) is 0 Å². The number of halogens is 2. The van der Waals surface area contributed by atoms with Crippen molar-refractivity contribution in [2.45, 2.75) is 32.6 Å². The van der Waals surface area contributed by atoms with Gasteiger partial charge in [-0.2, -0.15) is 0 Å². The van der Waals surface area contributed by atoms with Gasteiger partial charge in [0.05, 0.1) is 0 Å². The van der Waals surface area contributed by atoms with Crippen molar-refractivity contribution >= 4 is 39.3 Å². The van der Waals surface area contributed by atoms with Gasteiger partial charge in [-0.05, 0) is 36.1 Å². The van der Waals surface area contributed by atoms with Crippen LogP contribution in [0, 0.1) is 11.8 Å². The van der Waals surface area contributed by atoms with Gasteiger partial charge in [-0.25, -0.2) is 0 Å². The molecule has 1 aromatic carbocycles. The second kappa shape index (κ2) is 6.27. The molecule has 0 radical (unpaired) electrons. The maximum Gasteiger partial charge on any atom is 0.230 e. The van der Waals surface area contributed by atoms with Crippen LogP contribution >= 0.6 is 27.5 Å². The number of carbonyl (C=O) groups is 2. The molecule has 2 amide bonds. The first-order valence-electron chi connectivity index (χ1n) is 6.67. The predicted molar refractivity (Wildman–Crippen MR) is 82.6 cm³/mol. The number of imide groups is 1. The van der Waals surface area contributed by atoms with Crippen molar-refractivity contribution in [3.8, 4) is 0 Å². The molecule has 5 heteroatoms. The van der Waals surface area contributed by atoms with Crippen molar-refractivity contribution in [3.05, 3.63) is 33.3 Å². The van der Waals surface area contributed by atoms with E-state index in [0.717, 1.165) is 16.5 Å². The van der Waals surface area contributed by atoms with Crippen LogP contribution in [0.15, 0.2) is 22.7 Å². The Morgan fingerprint density at radius 1 is 1.40 bits per heavy atom. The third kappa shape index (κ3) is 3.41. The molecule has 0 saturated carbocycles. The highest BCUT2D eigenvalue weighted by molar-refractivity contribution is 9.10. The molecule has 0 aliphatic carbocycles. The Labute approximate surface area is 132 Å². The van der Waals surface area contributed by atoms with E-state index in [4.69, 9.17) is 11.6 Å². The van der Waals surface area contributed by atoms with Crippen LogP contribution in [0.2, 0.25) is 5.02 Å². The number of piperidine rings is 1. The van der Waals surface area contributed by atoms with Crippen LogP contribution in [0.5, 0.6) is 0 Å². The van der Waals surface area contributed by atoms with E-state index in [0.29, 0.717) is 17.4 Å². The van der Waals surface area contributed by atoms with Crippen LogP contribution in [0.25, 0.3) is 0 Å². The molecule has 2 unspecified atom stereocenters. The Hall–Kier alpha value is -0.870. The van der Waals surface area contributed by atoms with Gasteiger partial charge in [-0.1, -0.05) is 41.4 Å². The van der Waals surface area contributed by atoms with Crippen LogP contribution in [-0.2, 0) is 9.59 Å². The number of benzene rings is 1. The summed E-state index contributed by atoms with van der Waals surface area (Å²) in [6.45, 7) is 4.15. The van der Waals surface area contributed by atoms with E-state index in [-0.39, 0.29) is 23.7 Å². The number of carbonyl (C=O) groups excluding carboxylic acids is 2. The lowest BCUT2D eigenvalue weighted by Crippen LogP contribution is -2.45. The van der Waals surface area contributed by atoms with E-state index in [1.54, 1.807) is 6.07 Å². The number of hydrogen-bond donors (Lipinski definition) is 1. The van der Waals surface area contributed by atoms with Crippen LogP contribution in [0.3, 0.4) is 0 Å². The zero-order chi connectivity index (χ0) is 14.9. The monoisotopic (exact) mass is 357 g/mol. The Bertz CT molecular complexity index is 545. The van der Waals surface area contributed by atoms with Gasteiger partial charge in [0.2, 0.25) is 11.8 Å². The topological polar surface area (TPSA) is 46.2 Å². The summed E-state index contributed by atoms with van der Waals surface area (Å²) in [7, 11) is 0. The van der Waals surface area contributed by atoms with E-state index in [1.807, 2.05) is 12.1 Å². The van der Waals surface area contributed by atoms with E-state index < -0.39 is 0 Å². The Morgan fingerprint density at radius 3 is 2.75 bits per heavy atom. The van der Waals surface area contributed by atoms with Crippen molar-refractivity contribution in [2.75, 3.05) is 0 Å². The fraction of sp³-hybridized carbons (Fsp3) is 0.467. The second-order valence-electron chi connectivity index (χ2n) is 5.62. The number of nitrogens with one attached hydrogen (secondary N) is 1. The summed E-state index contributed by atoms with van der Waals surface area (Å²) < 4.78 is 0.892. The first-order chi connectivity index (χ1) is 9.38. The Kier molecular flexibility index (Phi) is 4.86. The van der Waals surface area contributed by atoms with Gasteiger partial charge in [0.1, 0.15) is 0 Å². The van der Waals surface area contributed by atoms with Crippen molar-refractivity contribution in [1.82, 2.24) is 5.32 Å². The summed E-state index contributed by atoms with van der Waals surface area (Å²) in [5.74, 6) is -0.313. The van der Waals surface area contributed by atoms with Gasteiger partial charge in [0.25, 0.3) is 0 Å². The lowest BCUT2D eigenvalue weighted by Gasteiger charge is -2.32. The molecule has 1 aliphatic rings. The van der Waals surface area contributed by atoms with E-state index in [1.165, 1.54) is 0 Å². The van der Waals surface area contributed by atoms with Crippen molar-refractivity contribution in [1.29, 1.82) is 0 Å². The van der Waals surface area contributed by atoms with Crippen molar-refractivity contribution in [3.63, 3.8) is 0 Å². The number of amides is 2. The van der Waals surface area contributed by atoms with Gasteiger partial charge in [0.15, 0.2) is 0 Å². The molecule has 0 spiro atoms. The average Bonchev–Trinajstić information content (AvgIpc) is 2.35. The molecule has 1 N–H and O–H groups in total. The maximum atomic E-state index is 12.1. The smallest absolute Gasteiger partial charge is 0.230 e. The minimum Gasteiger partial charge on any atom is -0.296 e. The lowest BCUT2D eigenvalue weighted by atomic mass is 9.76. The van der Waals surface area contributed by atoms with Gasteiger partial charge in [-0.15, -0.1) is 0 Å². The summed E-state index contributed by atoms with van der Waals surface area (Å²) in [5, 5.41) is 3.06. The minimum absolute atomic E-state index is 0.119. The highest BCUT2D eigenvalue weighted by Crippen LogP contribution is 2.39. The largest absolute Gasteiger partial charge is 0.296 e. The second-order valence-corrected chi connectivity index (χ2v) is 6.92. The van der Waals surface area contributed by atoms with Crippen LogP contribution < -0.4 is 5.32 Å². The van der Waals surface area contributed by atoms with E-state index >= 15 is 0 Å². The predicted octanol–water partition coefficient (Wildman–Crippen LogP) is 3.89. The fourth-order valence-corrected chi connectivity index (χ4v) is 3.43. The molecular formula is C15H17BrClNO2. The molecular weight excluding hydrogens is 342 g/mol. The highest BCUT2D eigenvalue weighted by Gasteiger charge is 2.37. The summed E-state index contributed by atoms with van der Waals surface area (Å²) in [6.07, 6.45) is 1.07. The van der Waals surface area contributed by atoms with Gasteiger partial charge >= 0.3 is 0 Å². The van der Waals surface area contributed by atoms with Crippen LogP contribution in [-0.4, -0.2) is 11.8 Å². The van der Waals surface area contributed by atoms with Gasteiger partial charge in [0, 0.05) is 27.8 Å². The maximum absolute atomic E-state index is 12.1. The first kappa shape index (κ1) is 15.5. The summed E-state index contributed by atoms with van der Waals surface area (Å²) >= 11 is 9.55. The number of hydrogen-bond acceptors (Lipinski definition) is 2. The Morgan fingerprint density at radius 2 is 2.10 bits per heavy atom. The molecule has 1 aromatic rings. The molecule has 2 rings (SSSR count). The molecule has 1 heterocycles. The fourth-order valence-electron chi connectivity index (χ4n) is 2.71. The summed E-state index contributed by atoms with van der Waals surface area (Å²) in [6, 6.07) is 5.49. The molecule has 1 saturated heterocycles. The quantitative estimate of drug-likeness (QED) is 0.833. The van der Waals surface area contributed by atoms with Gasteiger partial charge < -0.3 is 0 Å². The average molecular weight is 359 g/mol. The molecule has 3 nitrogen and oxygen atoms in total. The molecule has 0 bridgehead atoms. The zero-order valence-corrected chi connectivity index (χ0v) is 13.8. The molecule has 0 aromatic heterocycles. The standard InChI is InChI=1S/C15H17BrClNO2/c1-8(2)5-12-10(7-14(19)18-15(12)20)11-6-9(17)3-4-13(11)16/h3-4,6,8,10,12H,5,7H2,1-2H3,(H,18,19,20). The normalized spacial score (nSPS) is 23.1. The molecule has 2 atom stereocenters. The van der Waals surface area contributed by atoms with Gasteiger partial charge in [-0.3, -0.25) is 14.9 Å². The lowest BCUT2D eigenvalue weighted by molar-refractivity contribution is -0.137. The molecule has 20 heavy (non-hydrogen) atoms. The minimum atomic E-state index is -0.216. The molecule has 1 aliphatic heterocycles. The third-order valence-electron chi connectivity index (χ3n) is 3.57. The molecule has 1 fully saturated rings. The third-order valence-corrected chi connectivity index (χ3v) is 4.53. The number of rotatable bonds is 3. The van der Waals surface area contributed by atoms with Crippen molar-refractivity contribution in [2.24, 2.45) is 11.8 Å². The van der Waals surface area contributed by atoms with E-state index in [9.17, 15) is 9.59 Å². The summed E-state index contributed by atoms with van der Waals surface area (Å²) in [4.78, 5) is 23.8. The van der Waals surface area contributed by atoms with Crippen LogP contribution in [0.1, 0.15) is 38.2 Å². The zero-order valence-electron chi connectivity index (χ0n) is 11.5. The first-order valence-corrected chi connectivity index (χ1v) is 7.84. The summed E-state index contributed by atoms with van der Waals surface area (Å²) in [5.41, 5.74) is 0.936. The van der Waals surface area contributed by atoms with E-state index in [2.05, 4.69) is 35.1 Å². The SMILES string of the molecule is CC(C)CC1C(=O)NC(=O)CC1c1cc(Cl)ccc1Br. The Balaban J connectivity index is 2.40.